The predicted molar refractivity (Wildman–Crippen MR) is 69.1 cm³/mol. The van der Waals surface area contributed by atoms with E-state index in [0.29, 0.717) is 25.1 Å². The third-order valence-corrected chi connectivity index (χ3v) is 2.33. The number of pyridine rings is 1. The molecule has 1 rings (SSSR count). The summed E-state index contributed by atoms with van der Waals surface area (Å²) in [6.07, 6.45) is 3.66. The Morgan fingerprint density at radius 3 is 2.74 bits per heavy atom. The Kier molecular flexibility index (Phi) is 6.00. The monoisotopic (exact) mass is 264 g/mol. The molecule has 102 valence electrons. The molecule has 0 aromatic carbocycles. The fraction of sp³-hybridized carbons (Fsp3) is 0.333. The first-order chi connectivity index (χ1) is 9.15. The van der Waals surface area contributed by atoms with Gasteiger partial charge in [0.25, 0.3) is 11.8 Å². The van der Waals surface area contributed by atoms with Crippen molar-refractivity contribution < 1.29 is 14.8 Å². The van der Waals surface area contributed by atoms with E-state index in [2.05, 4.69) is 20.8 Å². The van der Waals surface area contributed by atoms with Gasteiger partial charge in [0, 0.05) is 25.5 Å². The third kappa shape index (κ3) is 5.15. The summed E-state index contributed by atoms with van der Waals surface area (Å²) in [7, 11) is 0. The number of amides is 2. The van der Waals surface area contributed by atoms with Crippen LogP contribution in [0.5, 0.6) is 0 Å². The number of nitrogens with one attached hydrogen (secondary N) is 2. The molecule has 0 saturated heterocycles. The molecule has 0 saturated carbocycles. The highest BCUT2D eigenvalue weighted by molar-refractivity contribution is 6.37. The van der Waals surface area contributed by atoms with Gasteiger partial charge in [-0.3, -0.25) is 14.6 Å². The van der Waals surface area contributed by atoms with E-state index >= 15 is 0 Å². The second-order valence-electron chi connectivity index (χ2n) is 3.79. The van der Waals surface area contributed by atoms with Crippen LogP contribution in [0.4, 0.5) is 0 Å². The van der Waals surface area contributed by atoms with Crippen molar-refractivity contribution in [1.29, 1.82) is 0 Å². The zero-order valence-corrected chi connectivity index (χ0v) is 10.6. The molecule has 0 radical (unpaired) electrons. The standard InChI is InChI=1S/C12H16N4O3/c1-9(16-19)11(17)14-6-3-7-15-12(18)10-4-2-5-13-8-10/h2,4-5,8,19H,3,6-7H2,1H3,(H,14,17)(H,15,18). The molecule has 0 unspecified atom stereocenters. The van der Waals surface area contributed by atoms with Gasteiger partial charge in [0.05, 0.1) is 5.56 Å². The lowest BCUT2D eigenvalue weighted by Gasteiger charge is -2.06. The van der Waals surface area contributed by atoms with E-state index in [9.17, 15) is 9.59 Å². The summed E-state index contributed by atoms with van der Waals surface area (Å²) in [5.41, 5.74) is 0.495. The number of hydrogen-bond donors (Lipinski definition) is 3. The minimum Gasteiger partial charge on any atom is -0.410 e. The lowest BCUT2D eigenvalue weighted by atomic mass is 10.2. The highest BCUT2D eigenvalue weighted by atomic mass is 16.4. The van der Waals surface area contributed by atoms with Crippen molar-refractivity contribution in [1.82, 2.24) is 15.6 Å². The van der Waals surface area contributed by atoms with Gasteiger partial charge in [-0.25, -0.2) is 0 Å². The van der Waals surface area contributed by atoms with Gasteiger partial charge in [-0.2, -0.15) is 0 Å². The van der Waals surface area contributed by atoms with E-state index in [0.717, 1.165) is 0 Å². The molecular weight excluding hydrogens is 248 g/mol. The van der Waals surface area contributed by atoms with Crippen LogP contribution < -0.4 is 10.6 Å². The van der Waals surface area contributed by atoms with Crippen molar-refractivity contribution in [3.05, 3.63) is 30.1 Å². The molecule has 3 N–H and O–H groups in total. The number of carbonyl (C=O) groups is 2. The van der Waals surface area contributed by atoms with E-state index in [-0.39, 0.29) is 11.6 Å². The fourth-order valence-electron chi connectivity index (χ4n) is 1.26. The van der Waals surface area contributed by atoms with E-state index in [1.807, 2.05) is 0 Å². The first kappa shape index (κ1) is 14.6. The summed E-state index contributed by atoms with van der Waals surface area (Å²) in [5, 5.41) is 16.4. The van der Waals surface area contributed by atoms with Crippen LogP contribution in [0.25, 0.3) is 0 Å². The number of aromatic nitrogens is 1. The molecule has 0 aliphatic rings. The quantitative estimate of drug-likeness (QED) is 0.295. The lowest BCUT2D eigenvalue weighted by molar-refractivity contribution is -0.114. The van der Waals surface area contributed by atoms with Gasteiger partial charge < -0.3 is 15.8 Å². The number of oxime groups is 1. The number of rotatable bonds is 6. The Morgan fingerprint density at radius 2 is 2.11 bits per heavy atom. The molecule has 0 aliphatic heterocycles. The molecule has 19 heavy (non-hydrogen) atoms. The van der Waals surface area contributed by atoms with Crippen LogP contribution in [-0.2, 0) is 4.79 Å². The van der Waals surface area contributed by atoms with Crippen molar-refractivity contribution in [3.63, 3.8) is 0 Å². The van der Waals surface area contributed by atoms with Gasteiger partial charge >= 0.3 is 0 Å². The second kappa shape index (κ2) is 7.80. The second-order valence-corrected chi connectivity index (χ2v) is 3.79. The van der Waals surface area contributed by atoms with Crippen LogP contribution in [0.3, 0.4) is 0 Å². The topological polar surface area (TPSA) is 104 Å². The molecule has 2 amide bonds. The van der Waals surface area contributed by atoms with Gasteiger partial charge in [-0.15, -0.1) is 0 Å². The maximum atomic E-state index is 11.6. The van der Waals surface area contributed by atoms with Crippen LogP contribution in [0.15, 0.2) is 29.7 Å². The maximum Gasteiger partial charge on any atom is 0.268 e. The van der Waals surface area contributed by atoms with Crippen molar-refractivity contribution in [3.8, 4) is 0 Å². The largest absolute Gasteiger partial charge is 0.410 e. The van der Waals surface area contributed by atoms with Crippen molar-refractivity contribution in [2.45, 2.75) is 13.3 Å². The van der Waals surface area contributed by atoms with E-state index in [1.165, 1.54) is 13.1 Å². The average molecular weight is 264 g/mol. The van der Waals surface area contributed by atoms with Crippen LogP contribution >= 0.6 is 0 Å². The molecule has 1 aromatic heterocycles. The van der Waals surface area contributed by atoms with Crippen LogP contribution in [0, 0.1) is 0 Å². The summed E-state index contributed by atoms with van der Waals surface area (Å²) in [6.45, 7) is 2.22. The average Bonchev–Trinajstić information content (AvgIpc) is 2.46. The Morgan fingerprint density at radius 1 is 1.37 bits per heavy atom. The lowest BCUT2D eigenvalue weighted by Crippen LogP contribution is -2.33. The molecule has 0 aliphatic carbocycles. The third-order valence-electron chi connectivity index (χ3n) is 2.33. The smallest absolute Gasteiger partial charge is 0.268 e. The van der Waals surface area contributed by atoms with Gasteiger partial charge in [-0.05, 0) is 25.5 Å². The minimum atomic E-state index is -0.430. The summed E-state index contributed by atoms with van der Waals surface area (Å²) < 4.78 is 0. The zero-order valence-electron chi connectivity index (χ0n) is 10.6. The Balaban J connectivity index is 2.18. The molecule has 1 aromatic rings. The Labute approximate surface area is 110 Å². The highest BCUT2D eigenvalue weighted by Crippen LogP contribution is 1.94. The summed E-state index contributed by atoms with van der Waals surface area (Å²) in [4.78, 5) is 26.6. The summed E-state index contributed by atoms with van der Waals surface area (Å²) in [6, 6.07) is 3.36. The minimum absolute atomic E-state index is 0.000560. The molecule has 1 heterocycles. The summed E-state index contributed by atoms with van der Waals surface area (Å²) >= 11 is 0. The van der Waals surface area contributed by atoms with Crippen molar-refractivity contribution >= 4 is 17.5 Å². The van der Waals surface area contributed by atoms with E-state index in [1.54, 1.807) is 18.3 Å². The highest BCUT2D eigenvalue weighted by Gasteiger charge is 2.06. The van der Waals surface area contributed by atoms with E-state index in [4.69, 9.17) is 5.21 Å². The molecule has 7 nitrogen and oxygen atoms in total. The Bertz CT molecular complexity index is 459. The van der Waals surface area contributed by atoms with Crippen LogP contribution in [0.1, 0.15) is 23.7 Å². The molecular formula is C12H16N4O3. The van der Waals surface area contributed by atoms with Crippen molar-refractivity contribution in [2.75, 3.05) is 13.1 Å². The van der Waals surface area contributed by atoms with Gasteiger partial charge in [0.1, 0.15) is 5.71 Å². The SMILES string of the molecule is CC(=NO)C(=O)NCCCNC(=O)c1cccnc1. The summed E-state index contributed by atoms with van der Waals surface area (Å²) in [5.74, 6) is -0.631. The van der Waals surface area contributed by atoms with Crippen LogP contribution in [0.2, 0.25) is 0 Å². The van der Waals surface area contributed by atoms with Crippen LogP contribution in [-0.4, -0.2) is 40.8 Å². The van der Waals surface area contributed by atoms with Gasteiger partial charge in [-0.1, -0.05) is 5.16 Å². The molecule has 7 heteroatoms. The number of carbonyl (C=O) groups excluding carboxylic acids is 2. The predicted octanol–water partition coefficient (Wildman–Crippen LogP) is 0.168. The van der Waals surface area contributed by atoms with Gasteiger partial charge in [0.2, 0.25) is 0 Å². The maximum absolute atomic E-state index is 11.6. The zero-order chi connectivity index (χ0) is 14.1. The van der Waals surface area contributed by atoms with E-state index < -0.39 is 5.91 Å². The molecule has 0 spiro atoms. The number of hydrogen-bond acceptors (Lipinski definition) is 5. The molecule has 0 atom stereocenters. The van der Waals surface area contributed by atoms with Crippen molar-refractivity contribution in [2.24, 2.45) is 5.16 Å². The van der Waals surface area contributed by atoms with Gasteiger partial charge in [0.15, 0.2) is 0 Å². The normalized spacial score (nSPS) is 10.9. The first-order valence-electron chi connectivity index (χ1n) is 5.80. The number of nitrogens with zero attached hydrogens (tertiary/aromatic N) is 2. The molecule has 0 fully saturated rings. The first-order valence-corrected chi connectivity index (χ1v) is 5.80. The molecule has 0 bridgehead atoms. The fourth-order valence-corrected chi connectivity index (χ4v) is 1.26. The Hall–Kier alpha value is -2.44.